The lowest BCUT2D eigenvalue weighted by Crippen LogP contribution is -2.60. The maximum absolute atomic E-state index is 13.6. The number of ether oxygens (including phenoxy) is 2. The molecule has 1 saturated heterocycles. The second kappa shape index (κ2) is 6.57. The summed E-state index contributed by atoms with van der Waals surface area (Å²) < 4.78 is 38.9. The molecule has 27 heavy (non-hydrogen) atoms. The number of carbonyl (C=O) groups is 1. The van der Waals surface area contributed by atoms with Crippen molar-refractivity contribution in [2.45, 2.75) is 44.0 Å². The lowest BCUT2D eigenvalue weighted by atomic mass is 9.81. The van der Waals surface area contributed by atoms with E-state index in [0.29, 0.717) is 26.0 Å². The summed E-state index contributed by atoms with van der Waals surface area (Å²) in [6, 6.07) is 9.39. The van der Waals surface area contributed by atoms with Gasteiger partial charge in [-0.15, -0.1) is 0 Å². The average Bonchev–Trinajstić information content (AvgIpc) is 3.04. The Bertz CT molecular complexity index is 822. The quantitative estimate of drug-likeness (QED) is 0.767. The minimum absolute atomic E-state index is 0.104. The van der Waals surface area contributed by atoms with Gasteiger partial charge in [0.2, 0.25) is 10.0 Å². The molecule has 7 heteroatoms. The number of hydrogen-bond acceptors (Lipinski definition) is 5. The Morgan fingerprint density at radius 1 is 1.26 bits per heavy atom. The molecule has 0 amide bonds. The summed E-state index contributed by atoms with van der Waals surface area (Å²) >= 11 is 0. The molecule has 148 valence electrons. The first-order valence-electron chi connectivity index (χ1n) is 9.61. The third-order valence-electron chi connectivity index (χ3n) is 6.85. The fraction of sp³-hybridized carbons (Fsp3) is 0.650. The van der Waals surface area contributed by atoms with Crippen molar-refractivity contribution in [2.24, 2.45) is 11.3 Å². The first-order chi connectivity index (χ1) is 12.8. The van der Waals surface area contributed by atoms with E-state index in [4.69, 9.17) is 9.47 Å². The third-order valence-corrected chi connectivity index (χ3v) is 9.70. The minimum atomic E-state index is -3.76. The van der Waals surface area contributed by atoms with Gasteiger partial charge in [-0.3, -0.25) is 4.79 Å². The Labute approximate surface area is 160 Å². The molecule has 3 unspecified atom stereocenters. The highest BCUT2D eigenvalue weighted by molar-refractivity contribution is 7.91. The molecule has 3 fully saturated rings. The third kappa shape index (κ3) is 2.74. The van der Waals surface area contributed by atoms with E-state index in [1.54, 1.807) is 0 Å². The molecule has 0 spiro atoms. The summed E-state index contributed by atoms with van der Waals surface area (Å²) in [5.74, 6) is 0.788. The maximum Gasteiger partial charge on any atom is 0.227 e. The maximum atomic E-state index is 13.6. The average molecular weight is 394 g/mol. The summed E-state index contributed by atoms with van der Waals surface area (Å²) in [5.41, 5.74) is -0.517. The smallest absolute Gasteiger partial charge is 0.227 e. The van der Waals surface area contributed by atoms with Crippen LogP contribution in [0.25, 0.3) is 0 Å². The zero-order chi connectivity index (χ0) is 19.3. The largest absolute Gasteiger partial charge is 0.491 e. The Kier molecular flexibility index (Phi) is 4.60. The van der Waals surface area contributed by atoms with Gasteiger partial charge in [0.25, 0.3) is 0 Å². The number of ketones is 1. The van der Waals surface area contributed by atoms with E-state index in [0.717, 1.165) is 12.2 Å². The topological polar surface area (TPSA) is 72.9 Å². The number of rotatable bonds is 5. The molecule has 4 rings (SSSR count). The Morgan fingerprint density at radius 3 is 2.63 bits per heavy atom. The highest BCUT2D eigenvalue weighted by Gasteiger charge is 2.72. The van der Waals surface area contributed by atoms with Crippen molar-refractivity contribution in [3.8, 4) is 5.75 Å². The van der Waals surface area contributed by atoms with Crippen molar-refractivity contribution in [2.75, 3.05) is 26.3 Å². The van der Waals surface area contributed by atoms with E-state index in [-0.39, 0.29) is 31.0 Å². The number of para-hydroxylation sites is 1. The van der Waals surface area contributed by atoms with E-state index < -0.39 is 20.2 Å². The Morgan fingerprint density at radius 2 is 2.00 bits per heavy atom. The number of hydrogen-bond donors (Lipinski definition) is 0. The van der Waals surface area contributed by atoms with Crippen LogP contribution in [0.3, 0.4) is 0 Å². The van der Waals surface area contributed by atoms with Gasteiger partial charge in [0, 0.05) is 19.5 Å². The van der Waals surface area contributed by atoms with E-state index in [1.165, 1.54) is 4.31 Å². The highest BCUT2D eigenvalue weighted by Crippen LogP contribution is 2.62. The lowest BCUT2D eigenvalue weighted by Gasteiger charge is -2.42. The van der Waals surface area contributed by atoms with E-state index in [2.05, 4.69) is 0 Å². The van der Waals surface area contributed by atoms with Gasteiger partial charge in [-0.2, -0.15) is 4.31 Å². The Balaban J connectivity index is 1.51. The molecule has 1 heterocycles. The number of fused-ring (bicyclic) bond motifs is 2. The highest BCUT2D eigenvalue weighted by atomic mass is 32.2. The number of sulfonamides is 1. The number of Topliss-reactive ketones (excluding diaryl/α,β-unsaturated/α-hetero) is 1. The molecule has 2 aliphatic carbocycles. The van der Waals surface area contributed by atoms with Gasteiger partial charge >= 0.3 is 0 Å². The molecule has 1 aliphatic heterocycles. The predicted molar refractivity (Wildman–Crippen MR) is 101 cm³/mol. The van der Waals surface area contributed by atoms with Crippen LogP contribution in [0.4, 0.5) is 0 Å². The summed E-state index contributed by atoms with van der Waals surface area (Å²) in [6.45, 7) is 5.01. The molecule has 1 aromatic carbocycles. The fourth-order valence-corrected chi connectivity index (χ4v) is 7.87. The van der Waals surface area contributed by atoms with Crippen molar-refractivity contribution in [1.82, 2.24) is 4.31 Å². The van der Waals surface area contributed by atoms with Crippen LogP contribution in [-0.2, 0) is 19.6 Å². The summed E-state index contributed by atoms with van der Waals surface area (Å²) in [5, 5.41) is 0. The molecule has 3 aliphatic rings. The minimum Gasteiger partial charge on any atom is -0.491 e. The zero-order valence-corrected chi connectivity index (χ0v) is 16.7. The second-order valence-corrected chi connectivity index (χ2v) is 10.6. The van der Waals surface area contributed by atoms with Crippen LogP contribution in [0.1, 0.15) is 33.1 Å². The van der Waals surface area contributed by atoms with Crippen LogP contribution in [0.5, 0.6) is 5.75 Å². The predicted octanol–water partition coefficient (Wildman–Crippen LogP) is 2.24. The SMILES string of the molecule is CC1(C)C2CCC1(S(=O)(=O)N1CCOC(COc3ccccc3)C1)C(=O)C2. The van der Waals surface area contributed by atoms with Gasteiger partial charge in [0.05, 0.1) is 6.61 Å². The molecule has 6 nitrogen and oxygen atoms in total. The Hall–Kier alpha value is -1.44. The summed E-state index contributed by atoms with van der Waals surface area (Å²) in [7, 11) is -3.76. The normalized spacial score (nSPS) is 33.3. The molecule has 0 aromatic heterocycles. The van der Waals surface area contributed by atoms with Gasteiger partial charge in [-0.1, -0.05) is 32.0 Å². The van der Waals surface area contributed by atoms with E-state index in [1.807, 2.05) is 44.2 Å². The van der Waals surface area contributed by atoms with Crippen molar-refractivity contribution < 1.29 is 22.7 Å². The van der Waals surface area contributed by atoms with Crippen LogP contribution >= 0.6 is 0 Å². The molecular weight excluding hydrogens is 366 g/mol. The monoisotopic (exact) mass is 393 g/mol. The second-order valence-electron chi connectivity index (χ2n) is 8.39. The van der Waals surface area contributed by atoms with Crippen LogP contribution < -0.4 is 4.74 Å². The molecule has 0 N–H and O–H groups in total. The van der Waals surface area contributed by atoms with Crippen molar-refractivity contribution in [1.29, 1.82) is 0 Å². The summed E-state index contributed by atoms with van der Waals surface area (Å²) in [6.07, 6.45) is 1.29. The number of nitrogens with zero attached hydrogens (tertiary/aromatic N) is 1. The molecule has 2 saturated carbocycles. The van der Waals surface area contributed by atoms with Gasteiger partial charge in [0.1, 0.15) is 23.2 Å². The first-order valence-corrected chi connectivity index (χ1v) is 11.1. The molecule has 3 atom stereocenters. The molecule has 1 aromatic rings. The van der Waals surface area contributed by atoms with Crippen molar-refractivity contribution >= 4 is 15.8 Å². The fourth-order valence-electron chi connectivity index (χ4n) is 5.18. The molecular formula is C20H27NO5S. The zero-order valence-electron chi connectivity index (χ0n) is 15.9. The number of morpholine rings is 1. The van der Waals surface area contributed by atoms with Crippen LogP contribution in [-0.4, -0.2) is 55.7 Å². The van der Waals surface area contributed by atoms with Crippen LogP contribution in [0.2, 0.25) is 0 Å². The number of benzene rings is 1. The molecule has 2 bridgehead atoms. The van der Waals surface area contributed by atoms with Gasteiger partial charge < -0.3 is 9.47 Å². The van der Waals surface area contributed by atoms with E-state index in [9.17, 15) is 13.2 Å². The molecule has 0 radical (unpaired) electrons. The van der Waals surface area contributed by atoms with Gasteiger partial charge in [0.15, 0.2) is 5.78 Å². The van der Waals surface area contributed by atoms with Gasteiger partial charge in [-0.05, 0) is 36.3 Å². The number of carbonyl (C=O) groups excluding carboxylic acids is 1. The lowest BCUT2D eigenvalue weighted by molar-refractivity contribution is -0.121. The van der Waals surface area contributed by atoms with Crippen LogP contribution in [0.15, 0.2) is 30.3 Å². The standard InChI is InChI=1S/C20H27NO5S/c1-19(2)15-8-9-20(19,18(22)12-15)27(23,24)21-10-11-25-17(13-21)14-26-16-6-4-3-5-7-16/h3-7,15,17H,8-14H2,1-2H3. The van der Waals surface area contributed by atoms with Crippen molar-refractivity contribution in [3.05, 3.63) is 30.3 Å². The van der Waals surface area contributed by atoms with Crippen molar-refractivity contribution in [3.63, 3.8) is 0 Å². The van der Waals surface area contributed by atoms with Crippen LogP contribution in [0, 0.1) is 11.3 Å². The first kappa shape index (κ1) is 18.9. The van der Waals surface area contributed by atoms with Gasteiger partial charge in [-0.25, -0.2) is 8.42 Å². The summed E-state index contributed by atoms with van der Waals surface area (Å²) in [4.78, 5) is 12.8. The van der Waals surface area contributed by atoms with E-state index >= 15 is 0 Å².